The number of nitrogens with one attached hydrogen (secondary N) is 1. The molecular weight excluding hydrogens is 242 g/mol. The lowest BCUT2D eigenvalue weighted by Crippen LogP contribution is -2.47. The van der Waals surface area contributed by atoms with Gasteiger partial charge in [-0.2, -0.15) is 0 Å². The number of hydrogen-bond donors (Lipinski definition) is 1. The fourth-order valence-corrected chi connectivity index (χ4v) is 4.90. The van der Waals surface area contributed by atoms with Gasteiger partial charge in [0.1, 0.15) is 0 Å². The fourth-order valence-electron chi connectivity index (χ4n) is 4.90. The molecule has 0 aromatic carbocycles. The summed E-state index contributed by atoms with van der Waals surface area (Å²) in [6, 6.07) is 1.67. The average molecular weight is 277 g/mol. The molecule has 0 aliphatic heterocycles. The smallest absolute Gasteiger partial charge is 0.0101 e. The summed E-state index contributed by atoms with van der Waals surface area (Å²) in [5.74, 6) is 3.14. The van der Waals surface area contributed by atoms with Crippen LogP contribution < -0.4 is 5.32 Å². The molecule has 3 aliphatic carbocycles. The molecule has 3 aliphatic rings. The van der Waals surface area contributed by atoms with Crippen LogP contribution in [0.25, 0.3) is 0 Å². The van der Waals surface area contributed by atoms with E-state index in [0.717, 1.165) is 29.8 Å². The minimum atomic E-state index is 0.816. The molecule has 3 saturated carbocycles. The third-order valence-corrected chi connectivity index (χ3v) is 6.33. The lowest BCUT2D eigenvalue weighted by Gasteiger charge is -2.41. The Morgan fingerprint density at radius 2 is 1.55 bits per heavy atom. The molecule has 1 N–H and O–H groups in total. The highest BCUT2D eigenvalue weighted by Crippen LogP contribution is 2.39. The zero-order valence-corrected chi connectivity index (χ0v) is 13.6. The quantitative estimate of drug-likeness (QED) is 0.695. The average Bonchev–Trinajstić information content (AvgIpc) is 3.32. The minimum Gasteiger partial charge on any atom is -0.311 e. The normalized spacial score (nSPS) is 34.0. The molecule has 0 bridgehead atoms. The molecule has 0 aromatic rings. The van der Waals surface area contributed by atoms with E-state index in [4.69, 9.17) is 0 Å². The Hall–Kier alpha value is -0.0400. The van der Waals surface area contributed by atoms with Crippen molar-refractivity contribution in [2.24, 2.45) is 17.8 Å². The van der Waals surface area contributed by atoms with E-state index < -0.39 is 0 Å². The zero-order chi connectivity index (χ0) is 13.8. The molecule has 0 heterocycles. The van der Waals surface area contributed by atoms with Crippen molar-refractivity contribution in [1.82, 2.24) is 5.32 Å². The van der Waals surface area contributed by atoms with Crippen molar-refractivity contribution in [2.45, 2.75) is 102 Å². The van der Waals surface area contributed by atoms with E-state index in [1.54, 1.807) is 0 Å². The molecule has 116 valence electrons. The third kappa shape index (κ3) is 4.00. The highest BCUT2D eigenvalue weighted by Gasteiger charge is 2.34. The molecule has 3 atom stereocenters. The van der Waals surface area contributed by atoms with Crippen LogP contribution in [0.5, 0.6) is 0 Å². The Morgan fingerprint density at radius 1 is 0.850 bits per heavy atom. The molecule has 0 radical (unpaired) electrons. The van der Waals surface area contributed by atoms with Crippen LogP contribution in [0.4, 0.5) is 0 Å². The largest absolute Gasteiger partial charge is 0.311 e. The van der Waals surface area contributed by atoms with Crippen molar-refractivity contribution in [1.29, 1.82) is 0 Å². The van der Waals surface area contributed by atoms with Crippen molar-refractivity contribution in [3.8, 4) is 0 Å². The summed E-state index contributed by atoms with van der Waals surface area (Å²) < 4.78 is 0. The molecular formula is C19H35N. The molecule has 0 saturated heterocycles. The predicted octanol–water partition coefficient (Wildman–Crippen LogP) is 5.29. The van der Waals surface area contributed by atoms with Crippen molar-refractivity contribution in [2.75, 3.05) is 0 Å². The van der Waals surface area contributed by atoms with E-state index in [1.165, 1.54) is 83.5 Å². The highest BCUT2D eigenvalue weighted by atomic mass is 15.0. The molecule has 3 fully saturated rings. The van der Waals surface area contributed by atoms with Gasteiger partial charge >= 0.3 is 0 Å². The predicted molar refractivity (Wildman–Crippen MR) is 86.9 cm³/mol. The van der Waals surface area contributed by atoms with Gasteiger partial charge in [-0.15, -0.1) is 0 Å². The second kappa shape index (κ2) is 7.29. The van der Waals surface area contributed by atoms with E-state index in [-0.39, 0.29) is 0 Å². The standard InChI is InChI=1S/C19H35N/c1-2-17(14-15-12-13-15)20-19-11-7-6-10-18(19)16-8-4-3-5-9-16/h15-20H,2-14H2,1H3. The number of rotatable bonds is 6. The Kier molecular flexibility index (Phi) is 5.42. The van der Waals surface area contributed by atoms with Gasteiger partial charge in [0.25, 0.3) is 0 Å². The van der Waals surface area contributed by atoms with E-state index in [0.29, 0.717) is 0 Å². The molecule has 0 amide bonds. The summed E-state index contributed by atoms with van der Waals surface area (Å²) >= 11 is 0. The summed E-state index contributed by atoms with van der Waals surface area (Å²) in [5.41, 5.74) is 0. The summed E-state index contributed by atoms with van der Waals surface area (Å²) in [7, 11) is 0. The zero-order valence-electron chi connectivity index (χ0n) is 13.6. The van der Waals surface area contributed by atoms with Gasteiger partial charge in [-0.05, 0) is 43.4 Å². The van der Waals surface area contributed by atoms with Crippen LogP contribution in [-0.2, 0) is 0 Å². The Balaban J connectivity index is 1.55. The Bertz CT molecular complexity index is 277. The first-order valence-electron chi connectivity index (χ1n) is 9.63. The maximum Gasteiger partial charge on any atom is 0.0101 e. The SMILES string of the molecule is CCC(CC1CC1)NC1CCCCC1C1CCCCC1. The maximum atomic E-state index is 4.12. The second-order valence-corrected chi connectivity index (χ2v) is 7.90. The number of hydrogen-bond acceptors (Lipinski definition) is 1. The first-order chi connectivity index (χ1) is 9.86. The van der Waals surface area contributed by atoms with Gasteiger partial charge in [-0.25, -0.2) is 0 Å². The van der Waals surface area contributed by atoms with E-state index in [2.05, 4.69) is 12.2 Å². The van der Waals surface area contributed by atoms with E-state index >= 15 is 0 Å². The maximum absolute atomic E-state index is 4.12. The van der Waals surface area contributed by atoms with Crippen molar-refractivity contribution in [3.63, 3.8) is 0 Å². The van der Waals surface area contributed by atoms with Crippen LogP contribution in [-0.4, -0.2) is 12.1 Å². The van der Waals surface area contributed by atoms with Crippen molar-refractivity contribution < 1.29 is 0 Å². The van der Waals surface area contributed by atoms with Crippen LogP contribution >= 0.6 is 0 Å². The lowest BCUT2D eigenvalue weighted by atomic mass is 9.70. The second-order valence-electron chi connectivity index (χ2n) is 7.90. The van der Waals surface area contributed by atoms with Crippen LogP contribution in [0.2, 0.25) is 0 Å². The topological polar surface area (TPSA) is 12.0 Å². The molecule has 3 unspecified atom stereocenters. The van der Waals surface area contributed by atoms with Crippen LogP contribution in [0.1, 0.15) is 90.4 Å². The highest BCUT2D eigenvalue weighted by molar-refractivity contribution is 4.90. The van der Waals surface area contributed by atoms with E-state index in [9.17, 15) is 0 Å². The van der Waals surface area contributed by atoms with Gasteiger partial charge < -0.3 is 5.32 Å². The van der Waals surface area contributed by atoms with Crippen LogP contribution in [0, 0.1) is 17.8 Å². The first-order valence-corrected chi connectivity index (χ1v) is 9.63. The lowest BCUT2D eigenvalue weighted by molar-refractivity contribution is 0.139. The summed E-state index contributed by atoms with van der Waals surface area (Å²) in [5, 5.41) is 4.12. The molecule has 0 spiro atoms. The summed E-state index contributed by atoms with van der Waals surface area (Å²) in [6.45, 7) is 2.39. The van der Waals surface area contributed by atoms with Gasteiger partial charge in [0.2, 0.25) is 0 Å². The molecule has 3 rings (SSSR count). The van der Waals surface area contributed by atoms with Crippen molar-refractivity contribution in [3.05, 3.63) is 0 Å². The van der Waals surface area contributed by atoms with Gasteiger partial charge in [0.15, 0.2) is 0 Å². The summed E-state index contributed by atoms with van der Waals surface area (Å²) in [6.07, 6.45) is 19.3. The summed E-state index contributed by atoms with van der Waals surface area (Å²) in [4.78, 5) is 0. The van der Waals surface area contributed by atoms with Crippen LogP contribution in [0.3, 0.4) is 0 Å². The van der Waals surface area contributed by atoms with Gasteiger partial charge in [-0.3, -0.25) is 0 Å². The minimum absolute atomic E-state index is 0.816. The Morgan fingerprint density at radius 3 is 2.25 bits per heavy atom. The van der Waals surface area contributed by atoms with Crippen molar-refractivity contribution >= 4 is 0 Å². The first kappa shape index (κ1) is 14.9. The fraction of sp³-hybridized carbons (Fsp3) is 1.00. The molecule has 1 nitrogen and oxygen atoms in total. The van der Waals surface area contributed by atoms with E-state index in [1.807, 2.05) is 0 Å². The van der Waals surface area contributed by atoms with Gasteiger partial charge in [0, 0.05) is 12.1 Å². The van der Waals surface area contributed by atoms with Gasteiger partial charge in [-0.1, -0.05) is 64.7 Å². The molecule has 0 aromatic heterocycles. The Labute approximate surface area is 126 Å². The third-order valence-electron chi connectivity index (χ3n) is 6.33. The monoisotopic (exact) mass is 277 g/mol. The van der Waals surface area contributed by atoms with Crippen LogP contribution in [0.15, 0.2) is 0 Å². The molecule has 20 heavy (non-hydrogen) atoms. The molecule has 1 heteroatoms. The van der Waals surface area contributed by atoms with Gasteiger partial charge in [0.05, 0.1) is 0 Å².